The predicted molar refractivity (Wildman–Crippen MR) is 255 cm³/mol. The van der Waals surface area contributed by atoms with Crippen molar-refractivity contribution in [2.75, 3.05) is 0 Å². The lowest BCUT2D eigenvalue weighted by atomic mass is 9.70. The number of aromatic nitrogens is 3. The smallest absolute Gasteiger partial charge is 0.195 e. The zero-order chi connectivity index (χ0) is 41.9. The van der Waals surface area contributed by atoms with Crippen molar-refractivity contribution in [2.45, 2.75) is 5.41 Å². The Balaban J connectivity index is 0.997. The van der Waals surface area contributed by atoms with E-state index in [-0.39, 0.29) is 0 Å². The van der Waals surface area contributed by atoms with E-state index in [9.17, 15) is 0 Å². The molecule has 0 bridgehead atoms. The summed E-state index contributed by atoms with van der Waals surface area (Å²) in [5.74, 6) is 1.82. The van der Waals surface area contributed by atoms with Crippen molar-refractivity contribution >= 4 is 5.69 Å². The standard InChI is InChI=1S/C59H36N4/c1-60-54-25-13-24-52-55(54)49-35-34-45(37-53(49)59(52)50-22-10-8-20-47(50)48-21-9-11-23-51(48)59)44-18-12-19-46(36-44)58-62-56(42-30-26-40(27-31-42)38-14-4-2-5-15-38)61-57(63-58)43-32-28-41(29-33-43)39-16-6-3-7-17-39/h2-37H. The van der Waals surface area contributed by atoms with Crippen molar-refractivity contribution in [3.05, 3.63) is 252 Å². The maximum absolute atomic E-state index is 8.22. The van der Waals surface area contributed by atoms with Gasteiger partial charge in [-0.25, -0.2) is 19.8 Å². The van der Waals surface area contributed by atoms with Crippen LogP contribution in [0.25, 0.3) is 94.6 Å². The Morgan fingerprint density at radius 1 is 0.302 bits per heavy atom. The van der Waals surface area contributed by atoms with E-state index in [1.807, 2.05) is 24.3 Å². The molecule has 10 aromatic rings. The minimum atomic E-state index is -0.559. The van der Waals surface area contributed by atoms with Crippen molar-refractivity contribution in [3.63, 3.8) is 0 Å². The summed E-state index contributed by atoms with van der Waals surface area (Å²) < 4.78 is 0. The molecular weight excluding hydrogens is 765 g/mol. The summed E-state index contributed by atoms with van der Waals surface area (Å²) >= 11 is 0. The minimum Gasteiger partial charge on any atom is -0.238 e. The number of hydrogen-bond acceptors (Lipinski definition) is 3. The van der Waals surface area contributed by atoms with Crippen LogP contribution in [0, 0.1) is 6.57 Å². The summed E-state index contributed by atoms with van der Waals surface area (Å²) in [5.41, 5.74) is 19.0. The zero-order valence-corrected chi connectivity index (χ0v) is 34.1. The quantitative estimate of drug-likeness (QED) is 0.157. The molecule has 0 saturated heterocycles. The third-order valence-corrected chi connectivity index (χ3v) is 12.8. The maximum atomic E-state index is 8.22. The lowest BCUT2D eigenvalue weighted by Crippen LogP contribution is -2.25. The summed E-state index contributed by atoms with van der Waals surface area (Å²) in [7, 11) is 0. The second-order valence-electron chi connectivity index (χ2n) is 16.2. The SMILES string of the molecule is [C-]#[N+]c1cccc2c1-c1ccc(-c3cccc(-c4nc(-c5ccc(-c6ccccc6)cc5)nc(-c5ccc(-c6ccccc6)cc5)n4)c3)cc1C21c2ccccc2-c2ccccc21. The molecule has 0 N–H and O–H groups in total. The van der Waals surface area contributed by atoms with E-state index in [0.29, 0.717) is 23.2 Å². The highest BCUT2D eigenvalue weighted by molar-refractivity contribution is 5.99. The minimum absolute atomic E-state index is 0.559. The van der Waals surface area contributed by atoms with E-state index in [2.05, 4.69) is 199 Å². The molecule has 0 atom stereocenters. The molecule has 4 heteroatoms. The Bertz CT molecular complexity index is 3290. The molecule has 2 aliphatic carbocycles. The van der Waals surface area contributed by atoms with E-state index in [1.54, 1.807) is 0 Å². The summed E-state index contributed by atoms with van der Waals surface area (Å²) in [4.78, 5) is 19.5. The average Bonchev–Trinajstić information content (AvgIpc) is 3.84. The van der Waals surface area contributed by atoms with Gasteiger partial charge in [-0.3, -0.25) is 0 Å². The Kier molecular flexibility index (Phi) is 8.42. The molecule has 2 aliphatic rings. The van der Waals surface area contributed by atoms with Gasteiger partial charge in [-0.1, -0.05) is 206 Å². The first-order valence-electron chi connectivity index (χ1n) is 21.2. The van der Waals surface area contributed by atoms with E-state index in [0.717, 1.165) is 66.8 Å². The third-order valence-electron chi connectivity index (χ3n) is 12.8. The number of hydrogen-bond donors (Lipinski definition) is 0. The van der Waals surface area contributed by atoms with Gasteiger partial charge in [-0.2, -0.15) is 0 Å². The van der Waals surface area contributed by atoms with Gasteiger partial charge in [0.1, 0.15) is 0 Å². The first-order valence-corrected chi connectivity index (χ1v) is 21.2. The molecule has 63 heavy (non-hydrogen) atoms. The summed E-state index contributed by atoms with van der Waals surface area (Å²) in [6.45, 7) is 8.22. The summed E-state index contributed by atoms with van der Waals surface area (Å²) in [6.07, 6.45) is 0. The second-order valence-corrected chi connectivity index (χ2v) is 16.2. The average molecular weight is 801 g/mol. The van der Waals surface area contributed by atoms with Crippen LogP contribution in [0.1, 0.15) is 22.3 Å². The molecule has 1 heterocycles. The fraction of sp³-hybridized carbons (Fsp3) is 0.0169. The van der Waals surface area contributed by atoms with E-state index in [1.165, 1.54) is 27.8 Å². The van der Waals surface area contributed by atoms with Gasteiger partial charge in [0.2, 0.25) is 0 Å². The Hall–Kier alpha value is -8.52. The largest absolute Gasteiger partial charge is 0.238 e. The molecule has 292 valence electrons. The predicted octanol–water partition coefficient (Wildman–Crippen LogP) is 14.8. The molecule has 9 aromatic carbocycles. The maximum Gasteiger partial charge on any atom is 0.195 e. The van der Waals surface area contributed by atoms with Crippen molar-refractivity contribution in [1.29, 1.82) is 0 Å². The molecular formula is C59H36N4. The number of benzene rings is 9. The van der Waals surface area contributed by atoms with E-state index < -0.39 is 5.41 Å². The van der Waals surface area contributed by atoms with Gasteiger partial charge in [0.05, 0.1) is 12.0 Å². The van der Waals surface area contributed by atoms with Crippen LogP contribution in [0.15, 0.2) is 218 Å². The fourth-order valence-corrected chi connectivity index (χ4v) is 9.93. The zero-order valence-electron chi connectivity index (χ0n) is 34.1. The monoisotopic (exact) mass is 800 g/mol. The molecule has 0 amide bonds. The van der Waals surface area contributed by atoms with Gasteiger partial charge in [0, 0.05) is 16.7 Å². The Labute approximate surface area is 366 Å². The van der Waals surface area contributed by atoms with Gasteiger partial charge in [-0.05, 0) is 90.0 Å². The summed E-state index contributed by atoms with van der Waals surface area (Å²) in [5, 5.41) is 0. The van der Waals surface area contributed by atoms with Gasteiger partial charge in [0.15, 0.2) is 23.2 Å². The third kappa shape index (κ3) is 5.79. The lowest BCUT2D eigenvalue weighted by Gasteiger charge is -2.31. The molecule has 0 unspecified atom stereocenters. The number of nitrogens with zero attached hydrogens (tertiary/aromatic N) is 4. The van der Waals surface area contributed by atoms with Gasteiger partial charge in [0.25, 0.3) is 0 Å². The molecule has 12 rings (SSSR count). The van der Waals surface area contributed by atoms with Crippen LogP contribution in [0.5, 0.6) is 0 Å². The number of rotatable bonds is 6. The van der Waals surface area contributed by atoms with Gasteiger partial charge < -0.3 is 0 Å². The molecule has 0 radical (unpaired) electrons. The van der Waals surface area contributed by atoms with Gasteiger partial charge >= 0.3 is 0 Å². The van der Waals surface area contributed by atoms with Crippen LogP contribution in [0.2, 0.25) is 0 Å². The van der Waals surface area contributed by atoms with Crippen molar-refractivity contribution < 1.29 is 0 Å². The second kappa shape index (κ2) is 14.6. The summed E-state index contributed by atoms with van der Waals surface area (Å²) in [6, 6.07) is 76.7. The molecule has 1 aromatic heterocycles. The Morgan fingerprint density at radius 3 is 1.29 bits per heavy atom. The fourth-order valence-electron chi connectivity index (χ4n) is 9.93. The van der Waals surface area contributed by atoms with Crippen LogP contribution in [0.3, 0.4) is 0 Å². The first-order chi connectivity index (χ1) is 31.2. The highest BCUT2D eigenvalue weighted by Crippen LogP contribution is 2.64. The van der Waals surface area contributed by atoms with Crippen molar-refractivity contribution in [3.8, 4) is 89.8 Å². The van der Waals surface area contributed by atoms with Crippen LogP contribution in [-0.4, -0.2) is 15.0 Å². The van der Waals surface area contributed by atoms with Crippen LogP contribution in [0.4, 0.5) is 5.69 Å². The van der Waals surface area contributed by atoms with Crippen LogP contribution < -0.4 is 0 Å². The van der Waals surface area contributed by atoms with Crippen molar-refractivity contribution in [2.24, 2.45) is 0 Å². The highest BCUT2D eigenvalue weighted by atomic mass is 15.0. The molecule has 1 spiro atoms. The van der Waals surface area contributed by atoms with Gasteiger partial charge in [-0.15, -0.1) is 0 Å². The van der Waals surface area contributed by atoms with E-state index >= 15 is 0 Å². The lowest BCUT2D eigenvalue weighted by molar-refractivity contribution is 0.794. The first kappa shape index (κ1) is 36.3. The molecule has 0 aliphatic heterocycles. The number of fused-ring (bicyclic) bond motifs is 10. The van der Waals surface area contributed by atoms with Crippen LogP contribution in [-0.2, 0) is 5.41 Å². The van der Waals surface area contributed by atoms with E-state index in [4.69, 9.17) is 21.5 Å². The molecule has 4 nitrogen and oxygen atoms in total. The van der Waals surface area contributed by atoms with Crippen LogP contribution >= 0.6 is 0 Å². The van der Waals surface area contributed by atoms with Crippen molar-refractivity contribution in [1.82, 2.24) is 15.0 Å². The molecule has 0 saturated carbocycles. The topological polar surface area (TPSA) is 43.0 Å². The highest BCUT2D eigenvalue weighted by Gasteiger charge is 2.52. The molecule has 0 fully saturated rings. The normalized spacial score (nSPS) is 12.6. The Morgan fingerprint density at radius 2 is 0.714 bits per heavy atom.